The molecule has 0 radical (unpaired) electrons. The third kappa shape index (κ3) is 6.21. The van der Waals surface area contributed by atoms with Crippen LogP contribution in [0.2, 0.25) is 0 Å². The van der Waals surface area contributed by atoms with Crippen molar-refractivity contribution in [2.45, 2.75) is 73.1 Å². The van der Waals surface area contributed by atoms with Gasteiger partial charge >= 0.3 is 0 Å². The maximum Gasteiger partial charge on any atom is 0.139 e. The number of rotatable bonds is 5. The molecule has 1 aromatic heterocycles. The molecule has 2 aromatic rings. The number of fused-ring (bicyclic) bond motifs is 1. The molecule has 1 aromatic carbocycles. The summed E-state index contributed by atoms with van der Waals surface area (Å²) in [5, 5.41) is 1.02. The van der Waals surface area contributed by atoms with Crippen LogP contribution in [0.3, 0.4) is 0 Å². The smallest absolute Gasteiger partial charge is 0.139 e. The van der Waals surface area contributed by atoms with E-state index in [1.54, 1.807) is 6.92 Å². The molecule has 3 heteroatoms. The summed E-state index contributed by atoms with van der Waals surface area (Å²) in [6.45, 7) is 15.7. The second-order valence-electron chi connectivity index (χ2n) is 5.58. The lowest BCUT2D eigenvalue weighted by molar-refractivity contribution is -0.116. The number of hydrogen-bond donors (Lipinski definition) is 1. The normalized spacial score (nSPS) is 10.7. The fraction of sp³-hybridized carbons (Fsp3) is 0.435. The largest absolute Gasteiger partial charge is 0.456 e. The van der Waals surface area contributed by atoms with Crippen molar-refractivity contribution >= 4 is 35.5 Å². The van der Waals surface area contributed by atoms with E-state index >= 15 is 0 Å². The van der Waals surface area contributed by atoms with Gasteiger partial charge in [-0.2, -0.15) is 0 Å². The number of furan rings is 1. The maximum absolute atomic E-state index is 11.5. The van der Waals surface area contributed by atoms with E-state index in [1.807, 2.05) is 66.7 Å². The molecule has 0 unspecified atom stereocenters. The van der Waals surface area contributed by atoms with Crippen molar-refractivity contribution in [3.05, 3.63) is 46.7 Å². The van der Waals surface area contributed by atoms with Gasteiger partial charge in [-0.1, -0.05) is 52.0 Å². The van der Waals surface area contributed by atoms with Gasteiger partial charge in [0.05, 0.1) is 0 Å². The van der Waals surface area contributed by atoms with Crippen molar-refractivity contribution in [1.82, 2.24) is 0 Å². The third-order valence-electron chi connectivity index (χ3n) is 3.69. The summed E-state index contributed by atoms with van der Waals surface area (Å²) in [6, 6.07) is 2.00. The van der Waals surface area contributed by atoms with Crippen LogP contribution in [-0.2, 0) is 11.2 Å². The first-order chi connectivity index (χ1) is 12.5. The van der Waals surface area contributed by atoms with E-state index in [0.29, 0.717) is 6.42 Å². The Morgan fingerprint density at radius 2 is 1.77 bits per heavy atom. The van der Waals surface area contributed by atoms with Crippen molar-refractivity contribution in [3.8, 4) is 0 Å². The standard InChI is InChI=1S/C19H22O2S.2C2H6/c1-5-6-7-8-9-16-14(4)17-18(21-16)15(11-13(3)20)10-12(2)19(17)22;2*1-2/h5-6,8-10,22H,7,11H2,1-4H3;2*1-2H3/b6-5-,9-8-;;. The molecule has 0 amide bonds. The van der Waals surface area contributed by atoms with E-state index in [-0.39, 0.29) is 5.78 Å². The monoisotopic (exact) mass is 374 g/mol. The van der Waals surface area contributed by atoms with Gasteiger partial charge in [-0.15, -0.1) is 12.6 Å². The highest BCUT2D eigenvalue weighted by molar-refractivity contribution is 7.80. The van der Waals surface area contributed by atoms with Crippen LogP contribution in [-0.4, -0.2) is 5.78 Å². The second kappa shape index (κ2) is 12.6. The molecule has 0 bridgehead atoms. The number of Topliss-reactive ketones (excluding diaryl/α,β-unsaturated/α-hetero) is 1. The molecule has 0 saturated heterocycles. The van der Waals surface area contributed by atoms with Gasteiger partial charge in [0.2, 0.25) is 0 Å². The molecule has 0 N–H and O–H groups in total. The molecular weight excluding hydrogens is 340 g/mol. The van der Waals surface area contributed by atoms with E-state index in [1.165, 1.54) is 0 Å². The second-order valence-corrected chi connectivity index (χ2v) is 6.03. The Labute approximate surface area is 164 Å². The minimum Gasteiger partial charge on any atom is -0.456 e. The van der Waals surface area contributed by atoms with E-state index in [0.717, 1.165) is 44.7 Å². The molecule has 0 fully saturated rings. The van der Waals surface area contributed by atoms with E-state index in [9.17, 15) is 4.79 Å². The minimum atomic E-state index is 0.131. The summed E-state index contributed by atoms with van der Waals surface area (Å²) in [6.07, 6.45) is 9.44. The molecule has 1 heterocycles. The molecule has 26 heavy (non-hydrogen) atoms. The highest BCUT2D eigenvalue weighted by atomic mass is 32.1. The molecule has 144 valence electrons. The Hall–Kier alpha value is -1.74. The first-order valence-electron chi connectivity index (χ1n) is 9.47. The van der Waals surface area contributed by atoms with E-state index in [2.05, 4.69) is 24.8 Å². The molecule has 0 aliphatic rings. The predicted molar refractivity (Wildman–Crippen MR) is 118 cm³/mol. The molecule has 0 aliphatic heterocycles. The number of aryl methyl sites for hydroxylation is 2. The molecular formula is C23H34O2S. The van der Waals surface area contributed by atoms with Crippen LogP contribution in [0.25, 0.3) is 17.0 Å². The van der Waals surface area contributed by atoms with Gasteiger partial charge < -0.3 is 4.42 Å². The topological polar surface area (TPSA) is 30.2 Å². The predicted octanol–water partition coefficient (Wildman–Crippen LogP) is 7.50. The van der Waals surface area contributed by atoms with Crippen LogP contribution >= 0.6 is 12.6 Å². The lowest BCUT2D eigenvalue weighted by Gasteiger charge is -2.06. The number of hydrogen-bond acceptors (Lipinski definition) is 3. The zero-order chi connectivity index (χ0) is 20.3. The molecule has 0 spiro atoms. The van der Waals surface area contributed by atoms with Gasteiger partial charge in [-0.25, -0.2) is 0 Å². The summed E-state index contributed by atoms with van der Waals surface area (Å²) >= 11 is 4.63. The molecule has 0 saturated carbocycles. The number of allylic oxidation sites excluding steroid dienone is 3. The van der Waals surface area contributed by atoms with Crippen LogP contribution in [0, 0.1) is 13.8 Å². The lowest BCUT2D eigenvalue weighted by atomic mass is 10.0. The van der Waals surface area contributed by atoms with Crippen LogP contribution < -0.4 is 0 Å². The average molecular weight is 375 g/mol. The van der Waals surface area contributed by atoms with Crippen molar-refractivity contribution < 1.29 is 9.21 Å². The van der Waals surface area contributed by atoms with Gasteiger partial charge in [0.1, 0.15) is 17.1 Å². The van der Waals surface area contributed by atoms with Crippen molar-refractivity contribution in [2.75, 3.05) is 0 Å². The lowest BCUT2D eigenvalue weighted by Crippen LogP contribution is -1.98. The van der Waals surface area contributed by atoms with E-state index in [4.69, 9.17) is 4.42 Å². The van der Waals surface area contributed by atoms with Crippen LogP contribution in [0.5, 0.6) is 0 Å². The number of carbonyl (C=O) groups is 1. The Balaban J connectivity index is 0.00000146. The third-order valence-corrected chi connectivity index (χ3v) is 4.27. The van der Waals surface area contributed by atoms with Crippen molar-refractivity contribution in [2.24, 2.45) is 0 Å². The van der Waals surface area contributed by atoms with Crippen LogP contribution in [0.15, 0.2) is 33.6 Å². The summed E-state index contributed by atoms with van der Waals surface area (Å²) in [7, 11) is 0. The number of thiol groups is 1. The van der Waals surface area contributed by atoms with Crippen LogP contribution in [0.4, 0.5) is 0 Å². The summed E-state index contributed by atoms with van der Waals surface area (Å²) in [5.41, 5.74) is 3.87. The zero-order valence-corrected chi connectivity index (χ0v) is 18.5. The minimum absolute atomic E-state index is 0.131. The van der Waals surface area contributed by atoms with Gasteiger partial charge in [0.15, 0.2) is 0 Å². The Kier molecular flexibility index (Phi) is 11.7. The summed E-state index contributed by atoms with van der Waals surface area (Å²) < 4.78 is 6.03. The Morgan fingerprint density at radius 3 is 2.31 bits per heavy atom. The average Bonchev–Trinajstić information content (AvgIpc) is 2.97. The Morgan fingerprint density at radius 1 is 1.15 bits per heavy atom. The number of ketones is 1. The van der Waals surface area contributed by atoms with Gasteiger partial charge in [-0.05, 0) is 45.8 Å². The fourth-order valence-corrected chi connectivity index (χ4v) is 2.92. The summed E-state index contributed by atoms with van der Waals surface area (Å²) in [5.74, 6) is 0.969. The molecule has 0 atom stereocenters. The quantitative estimate of drug-likeness (QED) is 0.434. The van der Waals surface area contributed by atoms with E-state index < -0.39 is 0 Å². The maximum atomic E-state index is 11.5. The highest BCUT2D eigenvalue weighted by Gasteiger charge is 2.17. The zero-order valence-electron chi connectivity index (χ0n) is 17.6. The summed E-state index contributed by atoms with van der Waals surface area (Å²) in [4.78, 5) is 12.4. The number of carbonyl (C=O) groups excluding carboxylic acids is 1. The first kappa shape index (κ1) is 24.3. The molecule has 2 rings (SSSR count). The first-order valence-corrected chi connectivity index (χ1v) is 9.92. The SMILES string of the molecule is C/C=C\C/C=C\c1oc2c(CC(C)=O)cc(C)c(S)c2c1C.CC.CC. The van der Waals surface area contributed by atoms with Gasteiger partial charge in [-0.3, -0.25) is 4.79 Å². The molecule has 2 nitrogen and oxygen atoms in total. The highest BCUT2D eigenvalue weighted by Crippen LogP contribution is 2.36. The fourth-order valence-electron chi connectivity index (χ4n) is 2.58. The number of benzene rings is 1. The van der Waals surface area contributed by atoms with Gasteiger partial charge in [0, 0.05) is 27.8 Å². The Bertz CT molecular complexity index is 764. The van der Waals surface area contributed by atoms with Crippen molar-refractivity contribution in [3.63, 3.8) is 0 Å². The molecule has 0 aliphatic carbocycles. The van der Waals surface area contributed by atoms with Crippen LogP contribution in [0.1, 0.15) is 70.4 Å². The van der Waals surface area contributed by atoms with Crippen molar-refractivity contribution in [1.29, 1.82) is 0 Å². The van der Waals surface area contributed by atoms with Gasteiger partial charge in [0.25, 0.3) is 0 Å².